The summed E-state index contributed by atoms with van der Waals surface area (Å²) in [5.74, 6) is 0.555. The normalized spacial score (nSPS) is 11.7. The number of halogens is 2. The summed E-state index contributed by atoms with van der Waals surface area (Å²) < 4.78 is 4.99. The van der Waals surface area contributed by atoms with Gasteiger partial charge in [-0.25, -0.2) is 0 Å². The largest absolute Gasteiger partial charge is 0.399 e. The van der Waals surface area contributed by atoms with E-state index < -0.39 is 0 Å². The number of H-pyrrole nitrogens is 1. The Bertz CT molecular complexity index is 676. The molecular formula is C13H12Cl2N2O3. The Kier molecular flexibility index (Phi) is 4.87. The number of nitrogens with one attached hydrogen (secondary N) is 1. The van der Waals surface area contributed by atoms with Crippen molar-refractivity contribution in [3.05, 3.63) is 56.0 Å². The number of oxime groups is 1. The van der Waals surface area contributed by atoms with Gasteiger partial charge in [0, 0.05) is 24.5 Å². The smallest absolute Gasteiger partial charge is 0.280 e. The highest BCUT2D eigenvalue weighted by Gasteiger charge is 2.10. The van der Waals surface area contributed by atoms with E-state index in [4.69, 9.17) is 32.6 Å². The minimum atomic E-state index is -0.264. The van der Waals surface area contributed by atoms with Gasteiger partial charge < -0.3 is 9.36 Å². The maximum atomic E-state index is 11.0. The van der Waals surface area contributed by atoms with Crippen LogP contribution in [0.25, 0.3) is 0 Å². The molecule has 1 N–H and O–H groups in total. The van der Waals surface area contributed by atoms with E-state index in [1.54, 1.807) is 18.2 Å². The summed E-state index contributed by atoms with van der Waals surface area (Å²) in [6, 6.07) is 6.62. The van der Waals surface area contributed by atoms with Gasteiger partial charge in [-0.3, -0.25) is 4.79 Å². The van der Waals surface area contributed by atoms with E-state index in [1.165, 1.54) is 13.2 Å². The number of nitrogens with zero attached hydrogens (tertiary/aromatic N) is 1. The van der Waals surface area contributed by atoms with Crippen molar-refractivity contribution in [1.29, 1.82) is 0 Å². The lowest BCUT2D eigenvalue weighted by atomic mass is 10.1. The lowest BCUT2D eigenvalue weighted by Crippen LogP contribution is -2.04. The third-order valence-electron chi connectivity index (χ3n) is 2.64. The minimum absolute atomic E-state index is 0.264. The van der Waals surface area contributed by atoms with E-state index in [1.807, 2.05) is 0 Å². The Labute approximate surface area is 125 Å². The van der Waals surface area contributed by atoms with Crippen LogP contribution >= 0.6 is 23.2 Å². The Morgan fingerprint density at radius 2 is 2.15 bits per heavy atom. The molecule has 2 aromatic rings. The van der Waals surface area contributed by atoms with Crippen LogP contribution in [-0.4, -0.2) is 18.0 Å². The summed E-state index contributed by atoms with van der Waals surface area (Å²) in [7, 11) is 1.47. The first-order valence-corrected chi connectivity index (χ1v) is 6.58. The van der Waals surface area contributed by atoms with Gasteiger partial charge in [-0.15, -0.1) is 0 Å². The standard InChI is InChI=1S/C13H12Cl2N2O3/c1-19-16-12(5-3-9-7-13(18)17-20-9)8-2-4-10(14)11(15)6-8/h2,4,6-7H,3,5H2,1H3,(H,17,18)/b16-12-. The molecule has 0 fully saturated rings. The summed E-state index contributed by atoms with van der Waals surface area (Å²) in [5.41, 5.74) is 1.23. The second-order valence-corrected chi connectivity index (χ2v) is 4.84. The van der Waals surface area contributed by atoms with Crippen molar-refractivity contribution in [3.8, 4) is 0 Å². The molecule has 0 aliphatic carbocycles. The molecule has 0 spiro atoms. The van der Waals surface area contributed by atoms with Gasteiger partial charge in [0.1, 0.15) is 12.9 Å². The number of rotatable bonds is 5. The van der Waals surface area contributed by atoms with Crippen LogP contribution in [0.2, 0.25) is 10.0 Å². The number of benzene rings is 1. The highest BCUT2D eigenvalue weighted by Crippen LogP contribution is 2.23. The van der Waals surface area contributed by atoms with Crippen LogP contribution in [0.1, 0.15) is 17.7 Å². The fraction of sp³-hybridized carbons (Fsp3) is 0.231. The highest BCUT2D eigenvalue weighted by molar-refractivity contribution is 6.42. The molecule has 0 saturated carbocycles. The molecule has 5 nitrogen and oxygen atoms in total. The first-order valence-electron chi connectivity index (χ1n) is 5.83. The molecule has 106 valence electrons. The molecular weight excluding hydrogens is 303 g/mol. The summed E-state index contributed by atoms with van der Waals surface area (Å²) in [5, 5.41) is 7.13. The fourth-order valence-corrected chi connectivity index (χ4v) is 2.01. The number of aromatic amines is 1. The first-order chi connectivity index (χ1) is 9.60. The summed E-state index contributed by atoms with van der Waals surface area (Å²) in [6.07, 6.45) is 1.05. The monoisotopic (exact) mass is 314 g/mol. The van der Waals surface area contributed by atoms with Crippen LogP contribution in [-0.2, 0) is 11.3 Å². The van der Waals surface area contributed by atoms with Crippen molar-refractivity contribution >= 4 is 28.9 Å². The van der Waals surface area contributed by atoms with Crippen molar-refractivity contribution in [3.63, 3.8) is 0 Å². The molecule has 1 aromatic heterocycles. The van der Waals surface area contributed by atoms with Gasteiger partial charge in [0.25, 0.3) is 5.56 Å². The molecule has 0 bridgehead atoms. The topological polar surface area (TPSA) is 67.6 Å². The SMILES string of the molecule is CO/N=C(/CCc1cc(=O)[nH]o1)c1ccc(Cl)c(Cl)c1. The maximum Gasteiger partial charge on any atom is 0.280 e. The Balaban J connectivity index is 2.16. The van der Waals surface area contributed by atoms with Crippen molar-refractivity contribution in [2.75, 3.05) is 7.11 Å². The van der Waals surface area contributed by atoms with Crippen molar-refractivity contribution < 1.29 is 9.36 Å². The number of hydrogen-bond acceptors (Lipinski definition) is 4. The summed E-state index contributed by atoms with van der Waals surface area (Å²) in [4.78, 5) is 15.8. The molecule has 1 heterocycles. The van der Waals surface area contributed by atoms with Gasteiger partial charge in [-0.1, -0.05) is 34.4 Å². The van der Waals surface area contributed by atoms with Gasteiger partial charge >= 0.3 is 0 Å². The summed E-state index contributed by atoms with van der Waals surface area (Å²) >= 11 is 11.9. The van der Waals surface area contributed by atoms with Crippen LogP contribution in [0.4, 0.5) is 0 Å². The van der Waals surface area contributed by atoms with Gasteiger partial charge in [0.2, 0.25) is 0 Å². The molecule has 0 aliphatic heterocycles. The Hall–Kier alpha value is -1.72. The Morgan fingerprint density at radius 1 is 1.35 bits per heavy atom. The zero-order valence-electron chi connectivity index (χ0n) is 10.7. The molecule has 0 radical (unpaired) electrons. The lowest BCUT2D eigenvalue weighted by Gasteiger charge is -2.06. The molecule has 0 amide bonds. The molecule has 1 aromatic carbocycles. The number of hydrogen-bond donors (Lipinski definition) is 1. The second-order valence-electron chi connectivity index (χ2n) is 4.03. The van der Waals surface area contributed by atoms with Crippen molar-refractivity contribution in [2.45, 2.75) is 12.8 Å². The average molecular weight is 315 g/mol. The predicted molar refractivity (Wildman–Crippen MR) is 77.7 cm³/mol. The van der Waals surface area contributed by atoms with Gasteiger partial charge in [0.05, 0.1) is 15.8 Å². The van der Waals surface area contributed by atoms with Crippen LogP contribution in [0, 0.1) is 0 Å². The van der Waals surface area contributed by atoms with Crippen LogP contribution in [0.5, 0.6) is 0 Å². The van der Waals surface area contributed by atoms with Crippen molar-refractivity contribution in [1.82, 2.24) is 5.16 Å². The maximum absolute atomic E-state index is 11.0. The van der Waals surface area contributed by atoms with Gasteiger partial charge in [-0.05, 0) is 12.1 Å². The van der Waals surface area contributed by atoms with E-state index in [0.717, 1.165) is 5.56 Å². The van der Waals surface area contributed by atoms with Gasteiger partial charge in [0.15, 0.2) is 0 Å². The first kappa shape index (κ1) is 14.7. The lowest BCUT2D eigenvalue weighted by molar-refractivity contribution is 0.212. The highest BCUT2D eigenvalue weighted by atomic mass is 35.5. The molecule has 0 saturated heterocycles. The summed E-state index contributed by atoms with van der Waals surface area (Å²) in [6.45, 7) is 0. The molecule has 0 unspecified atom stereocenters. The molecule has 20 heavy (non-hydrogen) atoms. The quantitative estimate of drug-likeness (QED) is 0.680. The second kappa shape index (κ2) is 6.63. The van der Waals surface area contributed by atoms with E-state index >= 15 is 0 Å². The zero-order chi connectivity index (χ0) is 14.5. The van der Waals surface area contributed by atoms with E-state index in [9.17, 15) is 4.79 Å². The third-order valence-corrected chi connectivity index (χ3v) is 3.38. The molecule has 0 aliphatic rings. The number of aryl methyl sites for hydroxylation is 1. The molecule has 0 atom stereocenters. The minimum Gasteiger partial charge on any atom is -0.399 e. The van der Waals surface area contributed by atoms with E-state index in [2.05, 4.69) is 10.3 Å². The average Bonchev–Trinajstić information content (AvgIpc) is 2.84. The van der Waals surface area contributed by atoms with E-state index in [-0.39, 0.29) is 5.56 Å². The van der Waals surface area contributed by atoms with Gasteiger partial charge in [-0.2, -0.15) is 5.16 Å². The number of aromatic nitrogens is 1. The van der Waals surface area contributed by atoms with E-state index in [0.29, 0.717) is 34.4 Å². The Morgan fingerprint density at radius 3 is 2.75 bits per heavy atom. The van der Waals surface area contributed by atoms with Crippen LogP contribution in [0.3, 0.4) is 0 Å². The van der Waals surface area contributed by atoms with Crippen molar-refractivity contribution in [2.24, 2.45) is 5.16 Å². The van der Waals surface area contributed by atoms with Crippen LogP contribution in [0.15, 0.2) is 38.7 Å². The molecule has 2 rings (SSSR count). The fourth-order valence-electron chi connectivity index (χ4n) is 1.71. The zero-order valence-corrected chi connectivity index (χ0v) is 12.2. The molecule has 7 heteroatoms. The third kappa shape index (κ3) is 3.65. The van der Waals surface area contributed by atoms with Crippen LogP contribution < -0.4 is 5.56 Å². The predicted octanol–water partition coefficient (Wildman–Crippen LogP) is 3.26.